The van der Waals surface area contributed by atoms with E-state index >= 15 is 0 Å². The molecular weight excluding hydrogens is 258 g/mol. The van der Waals surface area contributed by atoms with Gasteiger partial charge in [0, 0.05) is 26.9 Å². The summed E-state index contributed by atoms with van der Waals surface area (Å²) in [5, 5.41) is 2.78. The van der Waals surface area contributed by atoms with Crippen molar-refractivity contribution in [1.82, 2.24) is 15.0 Å². The van der Waals surface area contributed by atoms with Crippen molar-refractivity contribution in [2.45, 2.75) is 0 Å². The van der Waals surface area contributed by atoms with Gasteiger partial charge in [0.15, 0.2) is 0 Å². The molecule has 0 amide bonds. The molecule has 1 aromatic rings. The lowest BCUT2D eigenvalue weighted by molar-refractivity contribution is 0.379. The number of methoxy groups -OCH3 is 1. The third-order valence-electron chi connectivity index (χ3n) is 2.15. The van der Waals surface area contributed by atoms with Crippen molar-refractivity contribution in [3.63, 3.8) is 0 Å². The second-order valence-electron chi connectivity index (χ2n) is 3.75. The van der Waals surface area contributed by atoms with Crippen LogP contribution in [0.25, 0.3) is 0 Å². The molecule has 1 N–H and O–H groups in total. The van der Waals surface area contributed by atoms with Crippen LogP contribution in [-0.2, 0) is 9.84 Å². The molecule has 0 aromatic carbocycles. The number of sulfone groups is 1. The molecule has 0 fully saturated rings. The molecular formula is C9H17N5O3S. The van der Waals surface area contributed by atoms with Gasteiger partial charge in [-0.2, -0.15) is 15.0 Å². The Labute approximate surface area is 106 Å². The Morgan fingerprint density at radius 3 is 2.50 bits per heavy atom. The van der Waals surface area contributed by atoms with Crippen LogP contribution in [0, 0.1) is 0 Å². The van der Waals surface area contributed by atoms with Crippen LogP contribution in [0.15, 0.2) is 0 Å². The number of aromatic nitrogens is 3. The molecule has 1 aromatic heterocycles. The highest BCUT2D eigenvalue weighted by atomic mass is 32.2. The maximum Gasteiger partial charge on any atom is 0.322 e. The van der Waals surface area contributed by atoms with Crippen LogP contribution < -0.4 is 15.0 Å². The van der Waals surface area contributed by atoms with Crippen molar-refractivity contribution in [1.29, 1.82) is 0 Å². The summed E-state index contributed by atoms with van der Waals surface area (Å²) in [5.74, 6) is 0.754. The average molecular weight is 275 g/mol. The van der Waals surface area contributed by atoms with Crippen LogP contribution in [0.1, 0.15) is 0 Å². The lowest BCUT2D eigenvalue weighted by Crippen LogP contribution is -2.27. The highest BCUT2D eigenvalue weighted by Crippen LogP contribution is 2.13. The Balaban J connectivity index is 2.87. The first-order chi connectivity index (χ1) is 8.35. The third kappa shape index (κ3) is 4.32. The first kappa shape index (κ1) is 14.4. The first-order valence-electron chi connectivity index (χ1n) is 5.22. The first-order valence-corrected chi connectivity index (χ1v) is 7.28. The molecule has 8 nitrogen and oxygen atoms in total. The minimum absolute atomic E-state index is 0.0341. The van der Waals surface area contributed by atoms with Gasteiger partial charge >= 0.3 is 6.01 Å². The van der Waals surface area contributed by atoms with Crippen LogP contribution in [-0.4, -0.2) is 63.1 Å². The van der Waals surface area contributed by atoms with Crippen molar-refractivity contribution in [2.75, 3.05) is 50.0 Å². The third-order valence-corrected chi connectivity index (χ3v) is 3.07. The fourth-order valence-electron chi connectivity index (χ4n) is 1.12. The van der Waals surface area contributed by atoms with Crippen LogP contribution in [0.5, 0.6) is 6.01 Å². The van der Waals surface area contributed by atoms with E-state index in [0.717, 1.165) is 0 Å². The van der Waals surface area contributed by atoms with Gasteiger partial charge in [-0.1, -0.05) is 0 Å². The molecule has 0 saturated carbocycles. The maximum atomic E-state index is 11.1. The number of anilines is 2. The summed E-state index contributed by atoms with van der Waals surface area (Å²) >= 11 is 0. The van der Waals surface area contributed by atoms with E-state index in [1.165, 1.54) is 13.4 Å². The smallest absolute Gasteiger partial charge is 0.322 e. The molecule has 102 valence electrons. The Bertz CT molecular complexity index is 483. The standard InChI is InChI=1S/C9H17N5O3S/c1-10-7-11-8(13-9(12-7)17-3)14(2)5-6-18(4,15)16/h5-6H2,1-4H3,(H,10,11,12,13). The zero-order valence-electron chi connectivity index (χ0n) is 10.8. The molecule has 0 aliphatic rings. The fourth-order valence-corrected chi connectivity index (χ4v) is 1.73. The highest BCUT2D eigenvalue weighted by molar-refractivity contribution is 7.90. The SMILES string of the molecule is CNc1nc(OC)nc(N(C)CCS(C)(=O)=O)n1. The van der Waals surface area contributed by atoms with E-state index in [1.807, 2.05) is 0 Å². The molecule has 18 heavy (non-hydrogen) atoms. The summed E-state index contributed by atoms with van der Waals surface area (Å²) in [6, 6.07) is 0.176. The van der Waals surface area contributed by atoms with Crippen molar-refractivity contribution >= 4 is 21.7 Å². The van der Waals surface area contributed by atoms with E-state index in [2.05, 4.69) is 20.3 Å². The summed E-state index contributed by atoms with van der Waals surface area (Å²) in [5.41, 5.74) is 0. The Morgan fingerprint density at radius 1 is 1.33 bits per heavy atom. The topological polar surface area (TPSA) is 97.3 Å². The Kier molecular flexibility index (Phi) is 4.65. The molecule has 1 rings (SSSR count). The van der Waals surface area contributed by atoms with Gasteiger partial charge in [0.05, 0.1) is 12.9 Å². The summed E-state index contributed by atoms with van der Waals surface area (Å²) in [4.78, 5) is 13.8. The Hall–Kier alpha value is -1.64. The zero-order chi connectivity index (χ0) is 13.8. The fraction of sp³-hybridized carbons (Fsp3) is 0.667. The molecule has 9 heteroatoms. The molecule has 0 atom stereocenters. The van der Waals surface area contributed by atoms with Gasteiger partial charge in [0.1, 0.15) is 9.84 Å². The minimum atomic E-state index is -3.02. The van der Waals surface area contributed by atoms with E-state index in [-0.39, 0.29) is 11.8 Å². The van der Waals surface area contributed by atoms with E-state index in [4.69, 9.17) is 4.74 Å². The minimum Gasteiger partial charge on any atom is -0.467 e. The predicted molar refractivity (Wildman–Crippen MR) is 68.9 cm³/mol. The van der Waals surface area contributed by atoms with Crippen molar-refractivity contribution < 1.29 is 13.2 Å². The quantitative estimate of drug-likeness (QED) is 0.735. The average Bonchev–Trinajstić information content (AvgIpc) is 2.34. The van der Waals surface area contributed by atoms with Gasteiger partial charge in [0.2, 0.25) is 11.9 Å². The lowest BCUT2D eigenvalue weighted by atomic mass is 10.6. The van der Waals surface area contributed by atoms with E-state index in [0.29, 0.717) is 18.4 Å². The maximum absolute atomic E-state index is 11.1. The van der Waals surface area contributed by atoms with Gasteiger partial charge in [-0.25, -0.2) is 8.42 Å². The van der Waals surface area contributed by atoms with Crippen LogP contribution in [0.3, 0.4) is 0 Å². The number of nitrogens with one attached hydrogen (secondary N) is 1. The summed E-state index contributed by atoms with van der Waals surface area (Å²) in [6.07, 6.45) is 1.19. The normalized spacial score (nSPS) is 11.1. The number of rotatable bonds is 6. The largest absolute Gasteiger partial charge is 0.467 e. The molecule has 0 saturated heterocycles. The van der Waals surface area contributed by atoms with E-state index in [1.54, 1.807) is 19.0 Å². The molecule has 1 heterocycles. The lowest BCUT2D eigenvalue weighted by Gasteiger charge is -2.17. The van der Waals surface area contributed by atoms with Crippen molar-refractivity contribution in [2.24, 2.45) is 0 Å². The summed E-state index contributed by atoms with van der Waals surface area (Å²) in [6.45, 7) is 0.301. The van der Waals surface area contributed by atoms with Crippen LogP contribution in [0.4, 0.5) is 11.9 Å². The van der Waals surface area contributed by atoms with Gasteiger partial charge in [-0.15, -0.1) is 0 Å². The van der Waals surface area contributed by atoms with Gasteiger partial charge in [0.25, 0.3) is 0 Å². The highest BCUT2D eigenvalue weighted by Gasteiger charge is 2.12. The van der Waals surface area contributed by atoms with Gasteiger partial charge in [-0.05, 0) is 0 Å². The molecule has 0 spiro atoms. The number of hydrogen-bond donors (Lipinski definition) is 1. The molecule has 0 aliphatic heterocycles. The summed E-state index contributed by atoms with van der Waals surface area (Å²) < 4.78 is 27.1. The number of ether oxygens (including phenoxy) is 1. The molecule has 0 unspecified atom stereocenters. The second kappa shape index (κ2) is 5.80. The van der Waals surface area contributed by atoms with Gasteiger partial charge in [-0.3, -0.25) is 0 Å². The molecule has 0 aliphatic carbocycles. The molecule has 0 bridgehead atoms. The van der Waals surface area contributed by atoms with Crippen LogP contribution in [0.2, 0.25) is 0 Å². The van der Waals surface area contributed by atoms with Gasteiger partial charge < -0.3 is 15.0 Å². The zero-order valence-corrected chi connectivity index (χ0v) is 11.7. The predicted octanol–water partition coefficient (Wildman–Crippen LogP) is -0.597. The number of hydrogen-bond acceptors (Lipinski definition) is 8. The van der Waals surface area contributed by atoms with E-state index < -0.39 is 9.84 Å². The van der Waals surface area contributed by atoms with Crippen molar-refractivity contribution in [3.05, 3.63) is 0 Å². The monoisotopic (exact) mass is 275 g/mol. The second-order valence-corrected chi connectivity index (χ2v) is 6.01. The summed E-state index contributed by atoms with van der Waals surface area (Å²) in [7, 11) is 1.82. The molecule has 0 radical (unpaired) electrons. The Morgan fingerprint density at radius 2 is 2.00 bits per heavy atom. The number of nitrogens with zero attached hydrogens (tertiary/aromatic N) is 4. The van der Waals surface area contributed by atoms with E-state index in [9.17, 15) is 8.42 Å². The van der Waals surface area contributed by atoms with Crippen LogP contribution >= 0.6 is 0 Å². The van der Waals surface area contributed by atoms with Crippen molar-refractivity contribution in [3.8, 4) is 6.01 Å².